The first-order valence-corrected chi connectivity index (χ1v) is 17.6. The third kappa shape index (κ3) is 4.26. The zero-order valence-electron chi connectivity index (χ0n) is 28.6. The van der Waals surface area contributed by atoms with Crippen molar-refractivity contribution in [2.24, 2.45) is 29.1 Å². The lowest BCUT2D eigenvalue weighted by Gasteiger charge is -2.70. The first-order valence-electron chi connectivity index (χ1n) is 17.6. The smallest absolute Gasteiger partial charge is 0.340 e. The zero-order chi connectivity index (χ0) is 34.3. The number of fused-ring (bicyclic) bond motifs is 2. The van der Waals surface area contributed by atoms with Crippen LogP contribution < -0.4 is 5.32 Å². The number of ether oxygens (including phenoxy) is 4. The Bertz CT molecular complexity index is 1660. The highest BCUT2D eigenvalue weighted by atomic mass is 16.6. The normalized spacial score (nSPS) is 43.1. The molecule has 7 bridgehead atoms. The summed E-state index contributed by atoms with van der Waals surface area (Å²) in [6, 6.07) is 12.3. The fourth-order valence-electron chi connectivity index (χ4n) is 12.2. The first-order chi connectivity index (χ1) is 23.6. The predicted molar refractivity (Wildman–Crippen MR) is 179 cm³/mol. The van der Waals surface area contributed by atoms with E-state index in [1.165, 1.54) is 6.08 Å². The molecular weight excluding hydrogens is 626 g/mol. The molecule has 8 rings (SSSR count). The summed E-state index contributed by atoms with van der Waals surface area (Å²) >= 11 is 0. The number of para-hydroxylation sites is 1. The second-order valence-electron chi connectivity index (χ2n) is 15.1. The Balaban J connectivity index is 1.17. The van der Waals surface area contributed by atoms with Crippen molar-refractivity contribution in [3.63, 3.8) is 0 Å². The molecule has 262 valence electrons. The van der Waals surface area contributed by atoms with Gasteiger partial charge < -0.3 is 34.5 Å². The molecule has 3 N–H and O–H groups in total. The van der Waals surface area contributed by atoms with E-state index in [4.69, 9.17) is 18.9 Å². The molecule has 1 aromatic heterocycles. The van der Waals surface area contributed by atoms with Crippen LogP contribution in [0, 0.1) is 29.1 Å². The minimum atomic E-state index is -1.50. The van der Waals surface area contributed by atoms with Crippen molar-refractivity contribution in [3.05, 3.63) is 66.0 Å². The highest BCUT2D eigenvalue weighted by Crippen LogP contribution is 2.79. The van der Waals surface area contributed by atoms with Crippen molar-refractivity contribution >= 4 is 23.6 Å². The van der Waals surface area contributed by atoms with Crippen molar-refractivity contribution in [2.45, 2.75) is 80.2 Å². The molecule has 1 unspecified atom stereocenters. The van der Waals surface area contributed by atoms with Crippen LogP contribution in [-0.4, -0.2) is 108 Å². The molecule has 6 fully saturated rings. The quantitative estimate of drug-likeness (QED) is 0.269. The predicted octanol–water partition coefficient (Wildman–Crippen LogP) is 3.31. The number of hydrogen-bond acceptors (Lipinski definition) is 10. The Labute approximate surface area is 287 Å². The molecule has 1 amide bonds. The maximum absolute atomic E-state index is 14.4. The largest absolute Gasteiger partial charge is 0.454 e. The minimum absolute atomic E-state index is 0.0702. The van der Waals surface area contributed by atoms with Gasteiger partial charge in [0.25, 0.3) is 0 Å². The van der Waals surface area contributed by atoms with Gasteiger partial charge in [-0.1, -0.05) is 25.1 Å². The number of esters is 1. The van der Waals surface area contributed by atoms with E-state index >= 15 is 0 Å². The maximum Gasteiger partial charge on any atom is 0.340 e. The fourth-order valence-corrected chi connectivity index (χ4v) is 12.2. The molecule has 2 aromatic rings. The minimum Gasteiger partial charge on any atom is -0.454 e. The number of amides is 1. The van der Waals surface area contributed by atoms with Crippen LogP contribution in [0.1, 0.15) is 55.1 Å². The first kappa shape index (κ1) is 33.0. The molecule has 49 heavy (non-hydrogen) atoms. The van der Waals surface area contributed by atoms with Crippen LogP contribution in [-0.2, 0) is 23.7 Å². The van der Waals surface area contributed by atoms with Gasteiger partial charge in [-0.05, 0) is 62.6 Å². The number of likely N-dealkylation sites (tertiary alicyclic amines) is 1. The Morgan fingerprint density at radius 3 is 2.55 bits per heavy atom. The maximum atomic E-state index is 14.4. The molecule has 1 saturated heterocycles. The van der Waals surface area contributed by atoms with Gasteiger partial charge in [-0.3, -0.25) is 14.7 Å². The van der Waals surface area contributed by atoms with Gasteiger partial charge in [0.15, 0.2) is 0 Å². The van der Waals surface area contributed by atoms with Gasteiger partial charge in [-0.2, -0.15) is 0 Å². The molecule has 11 heteroatoms. The van der Waals surface area contributed by atoms with E-state index < -0.39 is 40.2 Å². The Hall–Kier alpha value is -3.19. The molecule has 0 radical (unpaired) electrons. The molecule has 6 aliphatic rings. The molecule has 5 saturated carbocycles. The van der Waals surface area contributed by atoms with Gasteiger partial charge in [0, 0.05) is 81.7 Å². The number of benzene rings is 1. The van der Waals surface area contributed by atoms with Crippen molar-refractivity contribution in [1.82, 2.24) is 9.88 Å². The molecule has 12 atom stereocenters. The van der Waals surface area contributed by atoms with Crippen LogP contribution in [0.4, 0.5) is 5.69 Å². The van der Waals surface area contributed by atoms with Crippen molar-refractivity contribution in [1.29, 1.82) is 0 Å². The third-order valence-corrected chi connectivity index (χ3v) is 13.7. The fraction of sp³-hybridized carbons (Fsp3) is 0.605. The molecule has 11 nitrogen and oxygen atoms in total. The number of aromatic nitrogens is 1. The van der Waals surface area contributed by atoms with Gasteiger partial charge >= 0.3 is 5.97 Å². The number of piperidine rings is 1. The van der Waals surface area contributed by atoms with E-state index in [-0.39, 0.29) is 47.5 Å². The number of nitrogens with one attached hydrogen (secondary N) is 1. The average Bonchev–Trinajstić information content (AvgIpc) is 3.54. The molecule has 1 spiro atoms. The number of likely N-dealkylation sites (N-methyl/N-ethyl adjacent to an activating group) is 1. The summed E-state index contributed by atoms with van der Waals surface area (Å²) in [4.78, 5) is 33.9. The second-order valence-corrected chi connectivity index (χ2v) is 15.1. The number of anilines is 1. The Morgan fingerprint density at radius 1 is 1.04 bits per heavy atom. The summed E-state index contributed by atoms with van der Waals surface area (Å²) in [6.45, 7) is 3.32. The van der Waals surface area contributed by atoms with E-state index in [9.17, 15) is 19.8 Å². The van der Waals surface area contributed by atoms with Crippen LogP contribution in [0.15, 0.2) is 54.7 Å². The van der Waals surface area contributed by atoms with E-state index in [2.05, 4.69) is 22.1 Å². The van der Waals surface area contributed by atoms with Gasteiger partial charge in [0.1, 0.15) is 16.8 Å². The number of pyridine rings is 1. The van der Waals surface area contributed by atoms with Crippen LogP contribution in [0.5, 0.6) is 0 Å². The molecule has 1 aromatic carbocycles. The molecule has 1 aliphatic heterocycles. The summed E-state index contributed by atoms with van der Waals surface area (Å²) in [7, 11) is 5.05. The molecule has 5 aliphatic carbocycles. The lowest BCUT2D eigenvalue weighted by molar-refractivity contribution is -0.337. The summed E-state index contributed by atoms with van der Waals surface area (Å²) in [5.74, 6) is -1.82. The third-order valence-electron chi connectivity index (χ3n) is 13.7. The number of nitrogens with zero attached hydrogens (tertiary/aromatic N) is 2. The van der Waals surface area contributed by atoms with E-state index in [1.807, 2.05) is 6.07 Å². The van der Waals surface area contributed by atoms with Gasteiger partial charge in [0.05, 0.1) is 35.3 Å². The number of methoxy groups -OCH3 is 3. The highest BCUT2D eigenvalue weighted by Gasteiger charge is 2.89. The standard InChI is InChI=1S/C38H47N3O8/c1-5-41-21-35(49-34(43)23-11-6-7-12-26(23)40-31(42)14-13-22-10-8-9-17-39-22)16-15-30(47-3)37-28(35)19-25(32(37)41)36(44)20-27(46-2)24-18-29(37)38(36,45)33(24)48-4/h6-14,17,24-25,27-30,32-33,44-45H,5,15-16,18-21H2,1-4H3,(H,40,42)/b14-13+/t24-,25-,27+,28-,29+,30+,32?,33+,35-,36+,37+,38+/m1/s1. The van der Waals surface area contributed by atoms with Gasteiger partial charge in [0.2, 0.25) is 5.91 Å². The average molecular weight is 674 g/mol. The number of hydrogen-bond donors (Lipinski definition) is 3. The lowest BCUT2D eigenvalue weighted by Crippen LogP contribution is -2.83. The summed E-state index contributed by atoms with van der Waals surface area (Å²) in [6.07, 6.45) is 6.39. The SMILES string of the molecule is CCN1C[C@]2(OC(=O)c3ccccc3NC(=O)/C=C/c3ccccn3)CC[C@H](OC)[C@]34C1[C@@H](C[C@H]23)[C@@]1(O)C[C@H](OC)[C@H]2C[C@@H]4[C@]1(O)[C@H]2OC. The highest BCUT2D eigenvalue weighted by molar-refractivity contribution is 6.06. The second kappa shape index (κ2) is 11.7. The Kier molecular flexibility index (Phi) is 7.86. The van der Waals surface area contributed by atoms with Crippen molar-refractivity contribution < 1.29 is 38.7 Å². The van der Waals surface area contributed by atoms with Crippen LogP contribution in [0.25, 0.3) is 6.08 Å². The number of carbonyl (C=O) groups is 2. The van der Waals surface area contributed by atoms with E-state index in [0.717, 1.165) is 0 Å². The van der Waals surface area contributed by atoms with Crippen molar-refractivity contribution in [2.75, 3.05) is 39.7 Å². The Morgan fingerprint density at radius 2 is 1.84 bits per heavy atom. The monoisotopic (exact) mass is 673 g/mol. The van der Waals surface area contributed by atoms with E-state index in [0.29, 0.717) is 56.6 Å². The van der Waals surface area contributed by atoms with Crippen molar-refractivity contribution in [3.8, 4) is 0 Å². The zero-order valence-corrected chi connectivity index (χ0v) is 28.6. The van der Waals surface area contributed by atoms with Crippen LogP contribution >= 0.6 is 0 Å². The summed E-state index contributed by atoms with van der Waals surface area (Å²) in [5, 5.41) is 28.7. The van der Waals surface area contributed by atoms with Crippen LogP contribution in [0.2, 0.25) is 0 Å². The lowest BCUT2D eigenvalue weighted by atomic mass is 9.44. The molecular formula is C38H47N3O8. The summed E-state index contributed by atoms with van der Waals surface area (Å²) in [5.41, 5.74) is -3.17. The van der Waals surface area contributed by atoms with Crippen LogP contribution in [0.3, 0.4) is 0 Å². The van der Waals surface area contributed by atoms with Gasteiger partial charge in [-0.25, -0.2) is 4.79 Å². The summed E-state index contributed by atoms with van der Waals surface area (Å²) < 4.78 is 25.3. The number of carbonyl (C=O) groups excluding carboxylic acids is 2. The topological polar surface area (TPSA) is 140 Å². The number of aliphatic hydroxyl groups is 2. The molecule has 2 heterocycles. The number of rotatable bonds is 9. The van der Waals surface area contributed by atoms with E-state index in [1.54, 1.807) is 70.0 Å². The van der Waals surface area contributed by atoms with Gasteiger partial charge in [-0.15, -0.1) is 0 Å².